The van der Waals surface area contributed by atoms with E-state index < -0.39 is 12.1 Å². The third-order valence-corrected chi connectivity index (χ3v) is 5.56. The third kappa shape index (κ3) is 11.0. The van der Waals surface area contributed by atoms with Crippen LogP contribution in [0, 0.1) is 0 Å². The number of rotatable bonds is 13. The molecule has 3 aromatic carbocycles. The minimum atomic E-state index is -0.833. The first kappa shape index (κ1) is 29.8. The molecule has 0 aromatic heterocycles. The first-order chi connectivity index (χ1) is 17.8. The van der Waals surface area contributed by atoms with E-state index in [4.69, 9.17) is 19.4 Å². The SMILES string of the molecule is CC(=O)O.COc1ccccc1CCOCc1cccc(CCNC[C@H](O)c2ccc(O)c(CO)c2)c1. The van der Waals surface area contributed by atoms with Crippen molar-refractivity contribution in [3.05, 3.63) is 94.5 Å². The fourth-order valence-electron chi connectivity index (χ4n) is 3.69. The second kappa shape index (κ2) is 16.3. The normalized spacial score (nSPS) is 11.4. The lowest BCUT2D eigenvalue weighted by molar-refractivity contribution is -0.134. The molecule has 8 heteroatoms. The number of aliphatic hydroxyl groups is 2. The van der Waals surface area contributed by atoms with Gasteiger partial charge >= 0.3 is 0 Å². The van der Waals surface area contributed by atoms with Gasteiger partial charge in [0.15, 0.2) is 0 Å². The number of hydrogen-bond acceptors (Lipinski definition) is 7. The number of phenols is 1. The summed E-state index contributed by atoms with van der Waals surface area (Å²) in [6, 6.07) is 21.1. The average Bonchev–Trinajstić information content (AvgIpc) is 2.89. The molecular weight excluding hydrogens is 474 g/mol. The molecular formula is C29H37NO7. The van der Waals surface area contributed by atoms with E-state index in [2.05, 4.69) is 29.6 Å². The number of para-hydroxylation sites is 1. The van der Waals surface area contributed by atoms with Crippen LogP contribution >= 0.6 is 0 Å². The highest BCUT2D eigenvalue weighted by atomic mass is 16.5. The molecule has 0 aliphatic carbocycles. The average molecular weight is 512 g/mol. The number of aliphatic hydroxyl groups excluding tert-OH is 2. The molecule has 8 nitrogen and oxygen atoms in total. The van der Waals surface area contributed by atoms with Gasteiger partial charge in [-0.15, -0.1) is 0 Å². The molecule has 200 valence electrons. The molecule has 0 amide bonds. The van der Waals surface area contributed by atoms with Gasteiger partial charge in [-0.25, -0.2) is 0 Å². The highest BCUT2D eigenvalue weighted by Crippen LogP contribution is 2.22. The number of benzene rings is 3. The van der Waals surface area contributed by atoms with E-state index in [1.54, 1.807) is 19.2 Å². The highest BCUT2D eigenvalue weighted by molar-refractivity contribution is 5.62. The minimum absolute atomic E-state index is 0.0325. The van der Waals surface area contributed by atoms with Crippen molar-refractivity contribution in [1.82, 2.24) is 5.32 Å². The predicted octanol–water partition coefficient (Wildman–Crippen LogP) is 3.61. The lowest BCUT2D eigenvalue weighted by Gasteiger charge is -2.14. The zero-order valence-corrected chi connectivity index (χ0v) is 21.4. The molecule has 0 aliphatic rings. The van der Waals surface area contributed by atoms with Crippen molar-refractivity contribution >= 4 is 5.97 Å². The summed E-state index contributed by atoms with van der Waals surface area (Å²) in [6.45, 7) is 3.12. The van der Waals surface area contributed by atoms with Gasteiger partial charge in [-0.2, -0.15) is 0 Å². The fraction of sp³-hybridized carbons (Fsp3) is 0.345. The molecule has 1 atom stereocenters. The molecule has 5 N–H and O–H groups in total. The Labute approximate surface area is 218 Å². The lowest BCUT2D eigenvalue weighted by Crippen LogP contribution is -2.23. The van der Waals surface area contributed by atoms with Gasteiger partial charge in [-0.1, -0.05) is 48.5 Å². The van der Waals surface area contributed by atoms with E-state index in [0.717, 1.165) is 43.2 Å². The summed E-state index contributed by atoms with van der Waals surface area (Å²) >= 11 is 0. The number of aliphatic carboxylic acids is 1. The zero-order chi connectivity index (χ0) is 27.0. The summed E-state index contributed by atoms with van der Waals surface area (Å²) in [6.07, 6.45) is 0.926. The van der Waals surface area contributed by atoms with Crippen LogP contribution in [0.2, 0.25) is 0 Å². The second-order valence-corrected chi connectivity index (χ2v) is 8.47. The van der Waals surface area contributed by atoms with E-state index in [-0.39, 0.29) is 12.4 Å². The minimum Gasteiger partial charge on any atom is -0.508 e. The Balaban J connectivity index is 0.00000112. The van der Waals surface area contributed by atoms with Gasteiger partial charge in [-0.3, -0.25) is 4.79 Å². The molecule has 0 saturated heterocycles. The maximum atomic E-state index is 10.4. The van der Waals surface area contributed by atoms with Gasteiger partial charge in [0.2, 0.25) is 0 Å². The van der Waals surface area contributed by atoms with Crippen LogP contribution in [0.25, 0.3) is 0 Å². The monoisotopic (exact) mass is 511 g/mol. The second-order valence-electron chi connectivity index (χ2n) is 8.47. The maximum Gasteiger partial charge on any atom is 0.300 e. The van der Waals surface area contributed by atoms with Crippen molar-refractivity contribution < 1.29 is 34.7 Å². The van der Waals surface area contributed by atoms with Gasteiger partial charge in [0.05, 0.1) is 33.0 Å². The summed E-state index contributed by atoms with van der Waals surface area (Å²) in [5, 5.41) is 39.9. The molecule has 3 rings (SSSR count). The largest absolute Gasteiger partial charge is 0.508 e. The van der Waals surface area contributed by atoms with Crippen LogP contribution in [0.3, 0.4) is 0 Å². The first-order valence-corrected chi connectivity index (χ1v) is 12.1. The molecule has 0 bridgehead atoms. The number of nitrogens with one attached hydrogen (secondary N) is 1. The fourth-order valence-corrected chi connectivity index (χ4v) is 3.69. The molecule has 37 heavy (non-hydrogen) atoms. The van der Waals surface area contributed by atoms with Crippen LogP contribution in [-0.2, 0) is 35.6 Å². The van der Waals surface area contributed by atoms with Gasteiger partial charge in [0.1, 0.15) is 11.5 Å². The van der Waals surface area contributed by atoms with Crippen molar-refractivity contribution in [2.45, 2.75) is 39.1 Å². The lowest BCUT2D eigenvalue weighted by atomic mass is 10.0. The predicted molar refractivity (Wildman–Crippen MR) is 142 cm³/mol. The van der Waals surface area contributed by atoms with Crippen LogP contribution in [0.15, 0.2) is 66.7 Å². The number of ether oxygens (including phenoxy) is 2. The Morgan fingerprint density at radius 1 is 0.973 bits per heavy atom. The summed E-state index contributed by atoms with van der Waals surface area (Å²) in [4.78, 5) is 9.00. The Morgan fingerprint density at radius 3 is 2.43 bits per heavy atom. The number of methoxy groups -OCH3 is 1. The molecule has 0 saturated carbocycles. The van der Waals surface area contributed by atoms with Crippen molar-refractivity contribution in [2.24, 2.45) is 0 Å². The summed E-state index contributed by atoms with van der Waals surface area (Å²) in [5.41, 5.74) is 4.55. The molecule has 0 spiro atoms. The van der Waals surface area contributed by atoms with Crippen LogP contribution in [0.4, 0.5) is 0 Å². The zero-order valence-electron chi connectivity index (χ0n) is 21.4. The van der Waals surface area contributed by atoms with E-state index in [0.29, 0.717) is 30.9 Å². The van der Waals surface area contributed by atoms with Gasteiger partial charge in [-0.05, 0) is 59.8 Å². The Bertz CT molecular complexity index is 1100. The van der Waals surface area contributed by atoms with Crippen LogP contribution < -0.4 is 10.1 Å². The number of hydrogen-bond donors (Lipinski definition) is 5. The molecule has 0 aliphatic heterocycles. The Kier molecular flexibility index (Phi) is 13.2. The molecule has 3 aromatic rings. The maximum absolute atomic E-state index is 10.4. The van der Waals surface area contributed by atoms with Gasteiger partial charge in [0, 0.05) is 19.0 Å². The van der Waals surface area contributed by atoms with Crippen molar-refractivity contribution in [2.75, 3.05) is 26.8 Å². The van der Waals surface area contributed by atoms with Crippen LogP contribution in [0.5, 0.6) is 11.5 Å². The van der Waals surface area contributed by atoms with Crippen molar-refractivity contribution in [3.8, 4) is 11.5 Å². The molecule has 0 unspecified atom stereocenters. The van der Waals surface area contributed by atoms with Crippen molar-refractivity contribution in [1.29, 1.82) is 0 Å². The first-order valence-electron chi connectivity index (χ1n) is 12.1. The summed E-state index contributed by atoms with van der Waals surface area (Å²) in [7, 11) is 1.68. The summed E-state index contributed by atoms with van der Waals surface area (Å²) < 4.78 is 11.3. The van der Waals surface area contributed by atoms with E-state index in [9.17, 15) is 15.3 Å². The molecule has 0 radical (unpaired) electrons. The summed E-state index contributed by atoms with van der Waals surface area (Å²) in [5.74, 6) is 0.0880. The van der Waals surface area contributed by atoms with Crippen molar-refractivity contribution in [3.63, 3.8) is 0 Å². The standard InChI is InChI=1S/C27H33NO5.C2H4O2/c1-32-27-8-3-2-7-22(27)12-14-33-19-21-6-4-5-20(15-21)11-13-28-17-26(31)23-9-10-25(30)24(16-23)18-29;1-2(3)4/h2-10,15-16,26,28-31H,11-14,17-19H2,1H3;1H3,(H,3,4)/t26-;/m0./s1. The third-order valence-electron chi connectivity index (χ3n) is 5.56. The number of carboxylic acid groups (broad SMARTS) is 1. The Morgan fingerprint density at radius 2 is 1.70 bits per heavy atom. The van der Waals surface area contributed by atoms with E-state index >= 15 is 0 Å². The number of carboxylic acids is 1. The molecule has 0 fully saturated rings. The topological polar surface area (TPSA) is 128 Å². The van der Waals surface area contributed by atoms with E-state index in [1.807, 2.05) is 24.3 Å². The Hall–Kier alpha value is -3.43. The van der Waals surface area contributed by atoms with Gasteiger partial charge in [0.25, 0.3) is 5.97 Å². The number of aromatic hydroxyl groups is 1. The van der Waals surface area contributed by atoms with E-state index in [1.165, 1.54) is 11.6 Å². The highest BCUT2D eigenvalue weighted by Gasteiger charge is 2.10. The quantitative estimate of drug-likeness (QED) is 0.220. The molecule has 0 heterocycles. The van der Waals surface area contributed by atoms with Crippen LogP contribution in [0.1, 0.15) is 40.8 Å². The van der Waals surface area contributed by atoms with Gasteiger partial charge < -0.3 is 35.2 Å². The smallest absolute Gasteiger partial charge is 0.300 e. The number of carbonyl (C=O) groups is 1. The van der Waals surface area contributed by atoms with Crippen LogP contribution in [-0.4, -0.2) is 53.2 Å².